The van der Waals surface area contributed by atoms with Gasteiger partial charge in [-0.15, -0.1) is 0 Å². The molecule has 0 N–H and O–H groups in total. The number of para-hydroxylation sites is 1. The second kappa shape index (κ2) is 11.3. The lowest BCUT2D eigenvalue weighted by atomic mass is 10.1. The number of urea groups is 1. The highest BCUT2D eigenvalue weighted by Gasteiger charge is 2.47. The van der Waals surface area contributed by atoms with Gasteiger partial charge in [-0.05, 0) is 30.2 Å². The van der Waals surface area contributed by atoms with E-state index in [1.807, 2.05) is 36.4 Å². The van der Waals surface area contributed by atoms with E-state index in [0.717, 1.165) is 10.5 Å². The Hall–Kier alpha value is -4.46. The molecule has 0 spiro atoms. The van der Waals surface area contributed by atoms with E-state index in [1.54, 1.807) is 61.5 Å². The third-order valence-electron chi connectivity index (χ3n) is 5.85. The van der Waals surface area contributed by atoms with Crippen LogP contribution in [0.4, 0.5) is 10.5 Å². The summed E-state index contributed by atoms with van der Waals surface area (Å²) in [6, 6.07) is 25.6. The van der Waals surface area contributed by atoms with Crippen LogP contribution in [-0.2, 0) is 25.7 Å². The Kier molecular flexibility index (Phi) is 7.75. The Labute approximate surface area is 209 Å². The van der Waals surface area contributed by atoms with Crippen LogP contribution >= 0.6 is 0 Å². The molecule has 1 unspecified atom stereocenters. The SMILES string of the molecule is CCOC(=O)CN(C(=O)CN1C(=O)C(c2ccccc2)N(Cc2ccccc2)C1=O)c1ccccc1. The molecule has 3 aromatic rings. The molecule has 0 bridgehead atoms. The zero-order valence-electron chi connectivity index (χ0n) is 19.9. The lowest BCUT2D eigenvalue weighted by Crippen LogP contribution is -2.45. The number of rotatable bonds is 9. The van der Waals surface area contributed by atoms with E-state index in [4.69, 9.17) is 4.74 Å². The van der Waals surface area contributed by atoms with Crippen LogP contribution in [0.1, 0.15) is 24.1 Å². The summed E-state index contributed by atoms with van der Waals surface area (Å²) in [5.41, 5.74) is 1.99. The molecule has 8 heteroatoms. The second-order valence-corrected chi connectivity index (χ2v) is 8.25. The molecule has 1 atom stereocenters. The van der Waals surface area contributed by atoms with Crippen LogP contribution in [-0.4, -0.2) is 53.3 Å². The smallest absolute Gasteiger partial charge is 0.328 e. The zero-order chi connectivity index (χ0) is 25.5. The van der Waals surface area contributed by atoms with Gasteiger partial charge < -0.3 is 9.64 Å². The van der Waals surface area contributed by atoms with Gasteiger partial charge in [0.1, 0.15) is 19.1 Å². The Bertz CT molecular complexity index is 1220. The first-order valence-electron chi connectivity index (χ1n) is 11.7. The highest BCUT2D eigenvalue weighted by molar-refractivity contribution is 6.09. The van der Waals surface area contributed by atoms with Crippen molar-refractivity contribution in [3.8, 4) is 0 Å². The molecule has 3 aromatic carbocycles. The zero-order valence-corrected chi connectivity index (χ0v) is 19.9. The minimum Gasteiger partial charge on any atom is -0.465 e. The standard InChI is InChI=1S/C28H27N3O5/c1-2-36-25(33)20-29(23-16-10-5-11-17-23)24(32)19-31-27(34)26(22-14-8-4-9-15-22)30(28(31)35)18-21-12-6-3-7-13-21/h3-17,26H,2,18-20H2,1H3. The highest BCUT2D eigenvalue weighted by Crippen LogP contribution is 2.32. The third-order valence-corrected chi connectivity index (χ3v) is 5.85. The number of carbonyl (C=O) groups is 4. The van der Waals surface area contributed by atoms with Gasteiger partial charge >= 0.3 is 12.0 Å². The van der Waals surface area contributed by atoms with Gasteiger partial charge in [-0.25, -0.2) is 4.79 Å². The van der Waals surface area contributed by atoms with Gasteiger partial charge in [0, 0.05) is 12.2 Å². The molecule has 0 radical (unpaired) electrons. The van der Waals surface area contributed by atoms with Crippen molar-refractivity contribution in [2.45, 2.75) is 19.5 Å². The topological polar surface area (TPSA) is 87.2 Å². The molecular formula is C28H27N3O5. The first-order chi connectivity index (χ1) is 17.5. The number of imide groups is 1. The maximum atomic E-state index is 13.5. The van der Waals surface area contributed by atoms with Crippen molar-refractivity contribution in [2.75, 3.05) is 24.6 Å². The Balaban J connectivity index is 1.62. The van der Waals surface area contributed by atoms with E-state index in [1.165, 1.54) is 9.80 Å². The van der Waals surface area contributed by atoms with E-state index < -0.39 is 36.4 Å². The molecule has 1 fully saturated rings. The van der Waals surface area contributed by atoms with Gasteiger partial charge in [0.15, 0.2) is 0 Å². The summed E-state index contributed by atoms with van der Waals surface area (Å²) in [5, 5.41) is 0. The molecule has 4 amide bonds. The lowest BCUT2D eigenvalue weighted by molar-refractivity contribution is -0.142. The fourth-order valence-corrected chi connectivity index (χ4v) is 4.17. The normalized spacial score (nSPS) is 15.2. The summed E-state index contributed by atoms with van der Waals surface area (Å²) < 4.78 is 5.03. The van der Waals surface area contributed by atoms with Gasteiger partial charge in [0.05, 0.1) is 6.61 Å². The van der Waals surface area contributed by atoms with Crippen LogP contribution in [0.5, 0.6) is 0 Å². The van der Waals surface area contributed by atoms with E-state index in [0.29, 0.717) is 11.3 Å². The highest BCUT2D eigenvalue weighted by atomic mass is 16.5. The predicted octanol–water partition coefficient (Wildman–Crippen LogP) is 3.79. The van der Waals surface area contributed by atoms with Crippen molar-refractivity contribution in [3.05, 3.63) is 102 Å². The summed E-state index contributed by atoms with van der Waals surface area (Å²) in [6.07, 6.45) is 0. The number of carbonyl (C=O) groups excluding carboxylic acids is 4. The first kappa shape index (κ1) is 24.7. The molecule has 184 valence electrons. The number of hydrogen-bond acceptors (Lipinski definition) is 5. The second-order valence-electron chi connectivity index (χ2n) is 8.25. The monoisotopic (exact) mass is 485 g/mol. The minimum atomic E-state index is -0.859. The molecule has 0 aliphatic carbocycles. The third kappa shape index (κ3) is 5.43. The van der Waals surface area contributed by atoms with Crippen LogP contribution in [0, 0.1) is 0 Å². The van der Waals surface area contributed by atoms with Crippen LogP contribution in [0.15, 0.2) is 91.0 Å². The Morgan fingerprint density at radius 3 is 2.06 bits per heavy atom. The number of anilines is 1. The van der Waals surface area contributed by atoms with Crippen molar-refractivity contribution in [1.29, 1.82) is 0 Å². The van der Waals surface area contributed by atoms with Gasteiger partial charge in [0.25, 0.3) is 5.91 Å². The molecule has 36 heavy (non-hydrogen) atoms. The number of benzene rings is 3. The van der Waals surface area contributed by atoms with Crippen molar-refractivity contribution in [2.24, 2.45) is 0 Å². The molecule has 1 heterocycles. The first-order valence-corrected chi connectivity index (χ1v) is 11.7. The molecule has 1 saturated heterocycles. The largest absolute Gasteiger partial charge is 0.465 e. The lowest BCUT2D eigenvalue weighted by Gasteiger charge is -2.24. The fourth-order valence-electron chi connectivity index (χ4n) is 4.17. The maximum Gasteiger partial charge on any atom is 0.328 e. The van der Waals surface area contributed by atoms with Crippen molar-refractivity contribution >= 4 is 29.5 Å². The summed E-state index contributed by atoms with van der Waals surface area (Å²) >= 11 is 0. The van der Waals surface area contributed by atoms with Crippen molar-refractivity contribution in [1.82, 2.24) is 9.80 Å². The average molecular weight is 486 g/mol. The fraction of sp³-hybridized carbons (Fsp3) is 0.214. The van der Waals surface area contributed by atoms with Crippen LogP contribution in [0.25, 0.3) is 0 Å². The quantitative estimate of drug-likeness (QED) is 0.340. The maximum absolute atomic E-state index is 13.5. The van der Waals surface area contributed by atoms with Crippen LogP contribution in [0.2, 0.25) is 0 Å². The van der Waals surface area contributed by atoms with E-state index >= 15 is 0 Å². The van der Waals surface area contributed by atoms with E-state index in [-0.39, 0.29) is 19.7 Å². The Morgan fingerprint density at radius 2 is 1.44 bits per heavy atom. The van der Waals surface area contributed by atoms with Gasteiger partial charge in [-0.3, -0.25) is 24.2 Å². The molecule has 0 aromatic heterocycles. The minimum absolute atomic E-state index is 0.173. The molecular weight excluding hydrogens is 458 g/mol. The molecule has 1 aliphatic rings. The summed E-state index contributed by atoms with van der Waals surface area (Å²) in [7, 11) is 0. The number of amides is 4. The van der Waals surface area contributed by atoms with Crippen LogP contribution in [0.3, 0.4) is 0 Å². The molecule has 4 rings (SSSR count). The van der Waals surface area contributed by atoms with E-state index in [9.17, 15) is 19.2 Å². The molecule has 8 nitrogen and oxygen atoms in total. The summed E-state index contributed by atoms with van der Waals surface area (Å²) in [5.74, 6) is -1.63. The summed E-state index contributed by atoms with van der Waals surface area (Å²) in [4.78, 5) is 56.3. The molecule has 1 aliphatic heterocycles. The van der Waals surface area contributed by atoms with Gasteiger partial charge in [-0.2, -0.15) is 0 Å². The van der Waals surface area contributed by atoms with Gasteiger partial charge in [-0.1, -0.05) is 78.9 Å². The Morgan fingerprint density at radius 1 is 0.861 bits per heavy atom. The summed E-state index contributed by atoms with van der Waals surface area (Å²) in [6.45, 7) is 1.23. The predicted molar refractivity (Wildman–Crippen MR) is 134 cm³/mol. The number of ether oxygens (including phenoxy) is 1. The van der Waals surface area contributed by atoms with Crippen molar-refractivity contribution < 1.29 is 23.9 Å². The van der Waals surface area contributed by atoms with Crippen LogP contribution < -0.4 is 4.90 Å². The average Bonchev–Trinajstić information content (AvgIpc) is 3.13. The number of nitrogens with zero attached hydrogens (tertiary/aromatic N) is 3. The van der Waals surface area contributed by atoms with Gasteiger partial charge in [0.2, 0.25) is 5.91 Å². The molecule has 0 saturated carbocycles. The van der Waals surface area contributed by atoms with Crippen molar-refractivity contribution in [3.63, 3.8) is 0 Å². The van der Waals surface area contributed by atoms with E-state index in [2.05, 4.69) is 0 Å². The number of esters is 1. The number of hydrogen-bond donors (Lipinski definition) is 0.